The maximum atomic E-state index is 10.9. The van der Waals surface area contributed by atoms with E-state index in [0.717, 1.165) is 0 Å². The number of aromatic hydroxyl groups is 2. The van der Waals surface area contributed by atoms with E-state index in [2.05, 4.69) is 4.42 Å². The highest BCUT2D eigenvalue weighted by Gasteiger charge is 2.30. The van der Waals surface area contributed by atoms with Crippen molar-refractivity contribution in [2.24, 2.45) is 0 Å². The molecule has 0 fully saturated rings. The Labute approximate surface area is 70.2 Å². The van der Waals surface area contributed by atoms with Crippen LogP contribution in [-0.2, 0) is 0 Å². The van der Waals surface area contributed by atoms with Gasteiger partial charge in [0.2, 0.25) is 0 Å². The zero-order valence-corrected chi connectivity index (χ0v) is 6.13. The maximum absolute atomic E-state index is 10.9. The van der Waals surface area contributed by atoms with E-state index in [0.29, 0.717) is 0 Å². The third-order valence-electron chi connectivity index (χ3n) is 1.65. The van der Waals surface area contributed by atoms with Crippen LogP contribution in [0.25, 0.3) is 11.2 Å². The van der Waals surface area contributed by atoms with Crippen molar-refractivity contribution in [2.75, 3.05) is 5.73 Å². The van der Waals surface area contributed by atoms with Crippen molar-refractivity contribution in [3.63, 3.8) is 0 Å². The first-order valence-electron chi connectivity index (χ1n) is 3.17. The van der Waals surface area contributed by atoms with Gasteiger partial charge in [-0.3, -0.25) is 0 Å². The summed E-state index contributed by atoms with van der Waals surface area (Å²) in [7, 11) is 0. The van der Waals surface area contributed by atoms with Crippen molar-refractivity contribution >= 4 is 16.9 Å². The van der Waals surface area contributed by atoms with Gasteiger partial charge in [0.25, 0.3) is 5.52 Å². The van der Waals surface area contributed by atoms with Gasteiger partial charge in [0.05, 0.1) is 0 Å². The van der Waals surface area contributed by atoms with Gasteiger partial charge in [-0.05, 0) is 0 Å². The zero-order valence-electron chi connectivity index (χ0n) is 6.13. The molecule has 0 atom stereocenters. The Balaban J connectivity index is 3.01. The molecular formula is C5H5N3O5. The van der Waals surface area contributed by atoms with Gasteiger partial charge < -0.3 is 30.8 Å². The third-order valence-corrected chi connectivity index (χ3v) is 1.65. The standard InChI is InChI=1S/C5H5N3O5/c6-1-2-3(13-4(1)9)8(12)5(10)7(2)11/h9-11H,6H2. The first-order chi connectivity index (χ1) is 6.04. The smallest absolute Gasteiger partial charge is 0.500 e. The molecule has 8 heteroatoms. The lowest BCUT2D eigenvalue weighted by Gasteiger charge is -1.93. The molecular weight excluding hydrogens is 182 g/mol. The largest absolute Gasteiger partial charge is 0.705 e. The van der Waals surface area contributed by atoms with E-state index in [4.69, 9.17) is 21.2 Å². The van der Waals surface area contributed by atoms with Crippen molar-refractivity contribution in [2.45, 2.75) is 0 Å². The molecule has 0 spiro atoms. The van der Waals surface area contributed by atoms with Gasteiger partial charge in [0.1, 0.15) is 0 Å². The van der Waals surface area contributed by atoms with Gasteiger partial charge >= 0.3 is 17.7 Å². The van der Waals surface area contributed by atoms with Crippen molar-refractivity contribution < 1.29 is 24.6 Å². The molecule has 0 unspecified atom stereocenters. The predicted molar refractivity (Wildman–Crippen MR) is 38.1 cm³/mol. The summed E-state index contributed by atoms with van der Waals surface area (Å²) in [5.41, 5.74) is 4.18. The summed E-state index contributed by atoms with van der Waals surface area (Å²) in [6, 6.07) is -0.986. The molecule has 2 aromatic heterocycles. The molecule has 8 nitrogen and oxygen atoms in total. The minimum Gasteiger partial charge on any atom is -0.705 e. The Morgan fingerprint density at radius 1 is 1.46 bits per heavy atom. The van der Waals surface area contributed by atoms with Crippen molar-refractivity contribution in [1.29, 1.82) is 0 Å². The van der Waals surface area contributed by atoms with Gasteiger partial charge in [-0.25, -0.2) is 0 Å². The van der Waals surface area contributed by atoms with Crippen LogP contribution in [0.5, 0.6) is 12.0 Å². The third kappa shape index (κ3) is 0.662. The number of hydrogen-bond donors (Lipinski definition) is 4. The molecule has 0 aliphatic heterocycles. The first-order valence-corrected chi connectivity index (χ1v) is 3.17. The van der Waals surface area contributed by atoms with Crippen LogP contribution in [0.4, 0.5) is 5.69 Å². The molecule has 0 radical (unpaired) electrons. The molecule has 5 N–H and O–H groups in total. The molecule has 0 amide bonds. The van der Waals surface area contributed by atoms with Crippen LogP contribution in [0.1, 0.15) is 0 Å². The molecule has 0 saturated carbocycles. The van der Waals surface area contributed by atoms with Crippen molar-refractivity contribution in [1.82, 2.24) is 4.73 Å². The van der Waals surface area contributed by atoms with Crippen LogP contribution in [0, 0.1) is 5.21 Å². The fourth-order valence-corrected chi connectivity index (χ4v) is 1.03. The minimum atomic E-state index is -0.986. The lowest BCUT2D eigenvalue weighted by Crippen LogP contribution is -2.24. The van der Waals surface area contributed by atoms with E-state index < -0.39 is 17.7 Å². The Morgan fingerprint density at radius 3 is 2.62 bits per heavy atom. The van der Waals surface area contributed by atoms with Crippen LogP contribution in [-0.4, -0.2) is 20.2 Å². The molecule has 2 rings (SSSR count). The van der Waals surface area contributed by atoms with Gasteiger partial charge in [0.15, 0.2) is 5.69 Å². The topological polar surface area (TPSA) is 132 Å². The fraction of sp³-hybridized carbons (Fsp3) is 0. The minimum absolute atomic E-state index is 0.106. The summed E-state index contributed by atoms with van der Waals surface area (Å²) < 4.78 is 4.49. The molecule has 2 heterocycles. The van der Waals surface area contributed by atoms with Crippen molar-refractivity contribution in [3.8, 4) is 12.0 Å². The summed E-state index contributed by atoms with van der Waals surface area (Å²) in [5, 5.41) is 37.8. The maximum Gasteiger partial charge on any atom is 0.500 e. The van der Waals surface area contributed by atoms with Crippen molar-refractivity contribution in [3.05, 3.63) is 5.21 Å². The van der Waals surface area contributed by atoms with E-state index in [-0.39, 0.29) is 20.7 Å². The van der Waals surface area contributed by atoms with Gasteiger partial charge in [0, 0.05) is 4.73 Å². The predicted octanol–water partition coefficient (Wildman–Crippen LogP) is -0.902. The van der Waals surface area contributed by atoms with Gasteiger partial charge in [-0.2, -0.15) is 4.73 Å². The van der Waals surface area contributed by atoms with Gasteiger partial charge in [-0.15, -0.1) is 0 Å². The second-order valence-corrected chi connectivity index (χ2v) is 2.38. The highest BCUT2D eigenvalue weighted by Crippen LogP contribution is 2.33. The number of nitrogens with two attached hydrogens (primary N) is 1. The second-order valence-electron chi connectivity index (χ2n) is 2.38. The molecule has 70 valence electrons. The van der Waals surface area contributed by atoms with E-state index >= 15 is 0 Å². The SMILES string of the molecule is Nc1c(O)oc2c1n(O)c(O)[n+]2[O-]. The summed E-state index contributed by atoms with van der Waals surface area (Å²) >= 11 is 0. The number of imidazole rings is 1. The normalized spacial score (nSPS) is 11.1. The van der Waals surface area contributed by atoms with Gasteiger partial charge in [-0.1, -0.05) is 0 Å². The Hall–Kier alpha value is -2.25. The second kappa shape index (κ2) is 1.91. The molecule has 0 aliphatic carbocycles. The number of fused-ring (bicyclic) bond motifs is 1. The van der Waals surface area contributed by atoms with E-state index in [9.17, 15) is 5.21 Å². The lowest BCUT2D eigenvalue weighted by atomic mass is 10.5. The van der Waals surface area contributed by atoms with Crippen LogP contribution >= 0.6 is 0 Å². The average Bonchev–Trinajstić information content (AvgIpc) is 2.48. The molecule has 0 saturated heterocycles. The zero-order chi connectivity index (χ0) is 9.75. The molecule has 2 aromatic rings. The molecule has 0 bridgehead atoms. The van der Waals surface area contributed by atoms with E-state index in [1.165, 1.54) is 0 Å². The van der Waals surface area contributed by atoms with Crippen LogP contribution in [0.15, 0.2) is 4.42 Å². The Bertz CT molecular complexity index is 484. The van der Waals surface area contributed by atoms with Crippen LogP contribution in [0.3, 0.4) is 0 Å². The monoisotopic (exact) mass is 187 g/mol. The first kappa shape index (κ1) is 7.40. The number of furan rings is 1. The Morgan fingerprint density at radius 2 is 2.08 bits per heavy atom. The fourth-order valence-electron chi connectivity index (χ4n) is 1.03. The number of nitrogens with zero attached hydrogens (tertiary/aromatic N) is 2. The number of hydrogen-bond acceptors (Lipinski definition) is 6. The molecule has 0 aromatic carbocycles. The number of aromatic nitrogens is 2. The number of nitrogen functional groups attached to an aromatic ring is 1. The number of rotatable bonds is 0. The summed E-state index contributed by atoms with van der Waals surface area (Å²) in [5.74, 6) is -0.683. The summed E-state index contributed by atoms with van der Waals surface area (Å²) in [6.45, 7) is 0. The highest BCUT2D eigenvalue weighted by atomic mass is 16.6. The Kier molecular flexibility index (Phi) is 1.09. The van der Waals surface area contributed by atoms with Crippen LogP contribution < -0.4 is 10.5 Å². The number of anilines is 1. The highest BCUT2D eigenvalue weighted by molar-refractivity contribution is 5.85. The van der Waals surface area contributed by atoms with E-state index in [1.54, 1.807) is 0 Å². The molecule has 13 heavy (non-hydrogen) atoms. The lowest BCUT2D eigenvalue weighted by molar-refractivity contribution is -0.596. The summed E-state index contributed by atoms with van der Waals surface area (Å²) in [6.07, 6.45) is 0. The van der Waals surface area contributed by atoms with Crippen LogP contribution in [0.2, 0.25) is 0 Å². The quantitative estimate of drug-likeness (QED) is 0.240. The van der Waals surface area contributed by atoms with E-state index in [1.807, 2.05) is 0 Å². The molecule has 0 aliphatic rings. The average molecular weight is 187 g/mol. The summed E-state index contributed by atoms with van der Waals surface area (Å²) in [4.78, 5) is 0.